The fourth-order valence-electron chi connectivity index (χ4n) is 4.72. The largest absolute Gasteiger partial charge is 0.339 e. The van der Waals surface area contributed by atoms with Crippen LogP contribution in [0.2, 0.25) is 0 Å². The Labute approximate surface area is 193 Å². The molecule has 0 aliphatic carbocycles. The van der Waals surface area contributed by atoms with Crippen molar-refractivity contribution in [3.63, 3.8) is 0 Å². The van der Waals surface area contributed by atoms with E-state index in [1.165, 1.54) is 4.31 Å². The van der Waals surface area contributed by atoms with Gasteiger partial charge in [-0.2, -0.15) is 9.29 Å². The predicted octanol–water partition coefficient (Wildman–Crippen LogP) is 3.34. The minimum atomic E-state index is -3.79. The first-order valence-corrected chi connectivity index (χ1v) is 12.6. The van der Waals surface area contributed by atoms with E-state index in [2.05, 4.69) is 10.1 Å². The average molecular weight is 467 g/mol. The molecule has 3 heterocycles. The molecule has 0 N–H and O–H groups in total. The highest BCUT2D eigenvalue weighted by Crippen LogP contribution is 2.33. The Balaban J connectivity index is 1.40. The van der Waals surface area contributed by atoms with Crippen LogP contribution in [0, 0.1) is 19.8 Å². The van der Waals surface area contributed by atoms with E-state index in [1.54, 1.807) is 32.0 Å². The quantitative estimate of drug-likeness (QED) is 0.585. The van der Waals surface area contributed by atoms with Gasteiger partial charge in [-0.1, -0.05) is 35.5 Å². The highest BCUT2D eigenvalue weighted by Gasteiger charge is 2.37. The van der Waals surface area contributed by atoms with Crippen molar-refractivity contribution in [2.24, 2.45) is 5.92 Å². The Morgan fingerprint density at radius 1 is 1.12 bits per heavy atom. The summed E-state index contributed by atoms with van der Waals surface area (Å²) in [7, 11) is -3.79. The van der Waals surface area contributed by atoms with E-state index in [-0.39, 0.29) is 23.3 Å². The molecule has 1 fully saturated rings. The summed E-state index contributed by atoms with van der Waals surface area (Å²) >= 11 is 0. The molecule has 0 radical (unpaired) electrons. The molecule has 0 unspecified atom stereocenters. The van der Waals surface area contributed by atoms with Gasteiger partial charge in [-0.25, -0.2) is 8.42 Å². The van der Waals surface area contributed by atoms with E-state index in [9.17, 15) is 13.2 Å². The van der Waals surface area contributed by atoms with Gasteiger partial charge in [-0.15, -0.1) is 0 Å². The molecule has 0 spiro atoms. The molecule has 9 heteroatoms. The Kier molecular flexibility index (Phi) is 5.54. The van der Waals surface area contributed by atoms with Gasteiger partial charge in [0.2, 0.25) is 27.6 Å². The zero-order valence-electron chi connectivity index (χ0n) is 18.7. The summed E-state index contributed by atoms with van der Waals surface area (Å²) in [4.78, 5) is 19.6. The predicted molar refractivity (Wildman–Crippen MR) is 123 cm³/mol. The molecule has 1 aromatic heterocycles. The number of anilines is 1. The molecule has 2 aliphatic heterocycles. The summed E-state index contributed by atoms with van der Waals surface area (Å²) in [5.74, 6) is 0.412. The monoisotopic (exact) mass is 466 g/mol. The maximum atomic E-state index is 13.6. The van der Waals surface area contributed by atoms with E-state index in [4.69, 9.17) is 4.52 Å². The first-order valence-electron chi connectivity index (χ1n) is 11.2. The van der Waals surface area contributed by atoms with Crippen molar-refractivity contribution < 1.29 is 17.7 Å². The number of para-hydroxylation sites is 1. The number of benzene rings is 2. The summed E-state index contributed by atoms with van der Waals surface area (Å²) in [5.41, 5.74) is 3.33. The SMILES string of the molecule is Cc1nc(-c2ccc(C)c(S(=O)(=O)N3CCC[C@H](C(=O)N4CCc5ccccc54)C3)c2)no1. The highest BCUT2D eigenvalue weighted by molar-refractivity contribution is 7.89. The Morgan fingerprint density at radius 3 is 2.73 bits per heavy atom. The van der Waals surface area contributed by atoms with Gasteiger partial charge < -0.3 is 9.42 Å². The molecule has 0 saturated carbocycles. The third-order valence-electron chi connectivity index (χ3n) is 6.48. The molecular formula is C24H26N4O4S. The van der Waals surface area contributed by atoms with Crippen molar-refractivity contribution in [2.45, 2.75) is 38.0 Å². The second-order valence-electron chi connectivity index (χ2n) is 8.69. The van der Waals surface area contributed by atoms with Crippen molar-refractivity contribution in [1.29, 1.82) is 0 Å². The summed E-state index contributed by atoms with van der Waals surface area (Å²) < 4.78 is 33.7. The van der Waals surface area contributed by atoms with Crippen molar-refractivity contribution in [2.75, 3.05) is 24.5 Å². The van der Waals surface area contributed by atoms with Gasteiger partial charge in [-0.3, -0.25) is 4.79 Å². The minimum absolute atomic E-state index is 0.00703. The van der Waals surface area contributed by atoms with Gasteiger partial charge in [0.15, 0.2) is 0 Å². The Hall–Kier alpha value is -3.04. The molecule has 1 atom stereocenters. The van der Waals surface area contributed by atoms with E-state index >= 15 is 0 Å². The number of piperidine rings is 1. The lowest BCUT2D eigenvalue weighted by Crippen LogP contribution is -2.46. The Bertz CT molecular complexity index is 1320. The fourth-order valence-corrected chi connectivity index (χ4v) is 6.50. The third kappa shape index (κ3) is 3.95. The number of carbonyl (C=O) groups is 1. The molecule has 5 rings (SSSR count). The number of aryl methyl sites for hydroxylation is 2. The van der Waals surface area contributed by atoms with Gasteiger partial charge >= 0.3 is 0 Å². The third-order valence-corrected chi connectivity index (χ3v) is 8.49. The molecule has 8 nitrogen and oxygen atoms in total. The van der Waals surface area contributed by atoms with E-state index < -0.39 is 10.0 Å². The van der Waals surface area contributed by atoms with Gasteiger partial charge in [0.1, 0.15) is 0 Å². The average Bonchev–Trinajstić information content (AvgIpc) is 3.45. The lowest BCUT2D eigenvalue weighted by Gasteiger charge is -2.33. The lowest BCUT2D eigenvalue weighted by atomic mass is 9.98. The van der Waals surface area contributed by atoms with Crippen LogP contribution in [0.5, 0.6) is 0 Å². The van der Waals surface area contributed by atoms with Crippen molar-refractivity contribution in [3.05, 3.63) is 59.5 Å². The van der Waals surface area contributed by atoms with Gasteiger partial charge in [0, 0.05) is 37.8 Å². The number of sulfonamides is 1. The van der Waals surface area contributed by atoms with Crippen LogP contribution in [0.3, 0.4) is 0 Å². The van der Waals surface area contributed by atoms with Crippen LogP contribution in [0.4, 0.5) is 5.69 Å². The van der Waals surface area contributed by atoms with Crippen molar-refractivity contribution >= 4 is 21.6 Å². The second kappa shape index (κ2) is 8.39. The topological polar surface area (TPSA) is 96.6 Å². The van der Waals surface area contributed by atoms with E-state index in [0.29, 0.717) is 48.8 Å². The number of nitrogens with zero attached hydrogens (tertiary/aromatic N) is 4. The van der Waals surface area contributed by atoms with Crippen molar-refractivity contribution in [3.8, 4) is 11.4 Å². The smallest absolute Gasteiger partial charge is 0.243 e. The van der Waals surface area contributed by atoms with Crippen LogP contribution in [-0.4, -0.2) is 48.4 Å². The molecular weight excluding hydrogens is 440 g/mol. The second-order valence-corrected chi connectivity index (χ2v) is 10.6. The number of carbonyl (C=O) groups excluding carboxylic acids is 1. The molecule has 2 aliphatic rings. The number of fused-ring (bicyclic) bond motifs is 1. The zero-order valence-corrected chi connectivity index (χ0v) is 19.5. The number of rotatable bonds is 4. The summed E-state index contributed by atoms with van der Waals surface area (Å²) in [6.45, 7) is 4.68. The molecule has 2 aromatic carbocycles. The molecule has 33 heavy (non-hydrogen) atoms. The first-order chi connectivity index (χ1) is 15.8. The maximum absolute atomic E-state index is 13.6. The minimum Gasteiger partial charge on any atom is -0.339 e. The summed E-state index contributed by atoms with van der Waals surface area (Å²) in [6, 6.07) is 13.1. The number of aromatic nitrogens is 2. The van der Waals surface area contributed by atoms with Crippen molar-refractivity contribution in [1.82, 2.24) is 14.4 Å². The summed E-state index contributed by atoms with van der Waals surface area (Å²) in [5, 5.41) is 3.90. The molecule has 172 valence electrons. The first kappa shape index (κ1) is 21.8. The standard InChI is InChI=1S/C24H26N4O4S/c1-16-9-10-19(23-25-17(2)32-26-23)14-22(16)33(30,31)27-12-5-7-20(15-27)24(29)28-13-11-18-6-3-4-8-21(18)28/h3-4,6,8-10,14,20H,5,7,11-13,15H2,1-2H3/t20-/m0/s1. The van der Waals surface area contributed by atoms with Crippen LogP contribution in [-0.2, 0) is 21.2 Å². The van der Waals surface area contributed by atoms with E-state index in [1.807, 2.05) is 29.2 Å². The van der Waals surface area contributed by atoms with Gasteiger partial charge in [0.25, 0.3) is 0 Å². The van der Waals surface area contributed by atoms with Crippen LogP contribution < -0.4 is 4.90 Å². The maximum Gasteiger partial charge on any atom is 0.243 e. The molecule has 1 saturated heterocycles. The molecule has 1 amide bonds. The number of hydrogen-bond donors (Lipinski definition) is 0. The van der Waals surface area contributed by atoms with Gasteiger partial charge in [0.05, 0.1) is 10.8 Å². The number of hydrogen-bond acceptors (Lipinski definition) is 6. The van der Waals surface area contributed by atoms with E-state index in [0.717, 1.165) is 17.7 Å². The highest BCUT2D eigenvalue weighted by atomic mass is 32.2. The van der Waals surface area contributed by atoms with Crippen LogP contribution in [0.15, 0.2) is 51.9 Å². The normalized spacial score (nSPS) is 19.0. The zero-order chi connectivity index (χ0) is 23.2. The van der Waals surface area contributed by atoms with Gasteiger partial charge in [-0.05, 0) is 49.4 Å². The molecule has 0 bridgehead atoms. The van der Waals surface area contributed by atoms with Crippen LogP contribution in [0.25, 0.3) is 11.4 Å². The van der Waals surface area contributed by atoms with Crippen LogP contribution in [0.1, 0.15) is 29.9 Å². The van der Waals surface area contributed by atoms with Crippen LogP contribution >= 0.6 is 0 Å². The fraction of sp³-hybridized carbons (Fsp3) is 0.375. The summed E-state index contributed by atoms with van der Waals surface area (Å²) in [6.07, 6.45) is 2.16. The molecule has 3 aromatic rings. The lowest BCUT2D eigenvalue weighted by molar-refractivity contribution is -0.123. The Morgan fingerprint density at radius 2 is 1.94 bits per heavy atom. The number of amides is 1.